The van der Waals surface area contributed by atoms with Crippen LogP contribution in [0.25, 0.3) is 11.0 Å². The van der Waals surface area contributed by atoms with Gasteiger partial charge >= 0.3 is 0 Å². The fraction of sp³-hybridized carbons (Fsp3) is 0.636. The Hall–Kier alpha value is -1.92. The molecule has 2 heterocycles. The largest absolute Gasteiger partial charge is 0.352 e. The number of imidazole rings is 1. The SMILES string of the molecule is CCN1CCN(CCCNC(=O)c2ccc3c(c2)ncn3C2CCCC2)CC1. The van der Waals surface area contributed by atoms with E-state index < -0.39 is 0 Å². The molecule has 1 N–H and O–H groups in total. The van der Waals surface area contributed by atoms with Gasteiger partial charge in [0.1, 0.15) is 0 Å². The van der Waals surface area contributed by atoms with Crippen molar-refractivity contribution < 1.29 is 4.79 Å². The van der Waals surface area contributed by atoms with E-state index in [4.69, 9.17) is 0 Å². The van der Waals surface area contributed by atoms with E-state index in [1.54, 1.807) is 0 Å². The Morgan fingerprint density at radius 2 is 1.89 bits per heavy atom. The average molecular weight is 384 g/mol. The maximum Gasteiger partial charge on any atom is 0.251 e. The number of fused-ring (bicyclic) bond motifs is 1. The van der Waals surface area contributed by atoms with Gasteiger partial charge in [-0.25, -0.2) is 4.98 Å². The zero-order chi connectivity index (χ0) is 19.3. The molecular weight excluding hydrogens is 350 g/mol. The van der Waals surface area contributed by atoms with Gasteiger partial charge in [0, 0.05) is 44.3 Å². The predicted molar refractivity (Wildman–Crippen MR) is 113 cm³/mol. The minimum atomic E-state index is 0.00752. The van der Waals surface area contributed by atoms with Crippen LogP contribution in [0, 0.1) is 0 Å². The van der Waals surface area contributed by atoms with E-state index >= 15 is 0 Å². The maximum atomic E-state index is 12.5. The molecule has 2 aromatic rings. The molecule has 6 heteroatoms. The van der Waals surface area contributed by atoms with Gasteiger partial charge in [0.2, 0.25) is 0 Å². The van der Waals surface area contributed by atoms with Crippen LogP contribution in [0.5, 0.6) is 0 Å². The Labute approximate surface area is 167 Å². The highest BCUT2D eigenvalue weighted by molar-refractivity contribution is 5.97. The second kappa shape index (κ2) is 9.05. The number of aromatic nitrogens is 2. The van der Waals surface area contributed by atoms with Gasteiger partial charge in [-0.05, 0) is 50.6 Å². The number of benzene rings is 1. The summed E-state index contributed by atoms with van der Waals surface area (Å²) >= 11 is 0. The number of nitrogens with one attached hydrogen (secondary N) is 1. The molecule has 28 heavy (non-hydrogen) atoms. The zero-order valence-corrected chi connectivity index (χ0v) is 17.1. The van der Waals surface area contributed by atoms with Gasteiger partial charge in [0.05, 0.1) is 17.4 Å². The highest BCUT2D eigenvalue weighted by atomic mass is 16.1. The molecule has 1 saturated heterocycles. The summed E-state index contributed by atoms with van der Waals surface area (Å²) in [4.78, 5) is 22.1. The molecule has 152 valence electrons. The summed E-state index contributed by atoms with van der Waals surface area (Å²) < 4.78 is 2.29. The number of hydrogen-bond acceptors (Lipinski definition) is 4. The highest BCUT2D eigenvalue weighted by Crippen LogP contribution is 2.32. The van der Waals surface area contributed by atoms with Crippen molar-refractivity contribution in [2.45, 2.75) is 45.1 Å². The Balaban J connectivity index is 1.26. The molecule has 1 aromatic heterocycles. The summed E-state index contributed by atoms with van der Waals surface area (Å²) in [5.74, 6) is 0.00752. The van der Waals surface area contributed by atoms with Crippen molar-refractivity contribution in [3.63, 3.8) is 0 Å². The number of amides is 1. The molecule has 1 saturated carbocycles. The van der Waals surface area contributed by atoms with E-state index in [1.165, 1.54) is 25.7 Å². The molecule has 1 amide bonds. The molecule has 0 unspecified atom stereocenters. The van der Waals surface area contributed by atoms with Gasteiger partial charge in [-0.2, -0.15) is 0 Å². The van der Waals surface area contributed by atoms with E-state index in [2.05, 4.69) is 37.7 Å². The van der Waals surface area contributed by atoms with E-state index in [-0.39, 0.29) is 5.91 Å². The van der Waals surface area contributed by atoms with Crippen LogP contribution in [-0.4, -0.2) is 71.1 Å². The molecule has 1 aliphatic heterocycles. The molecule has 0 spiro atoms. The number of carbonyl (C=O) groups excluding carboxylic acids is 1. The first-order valence-corrected chi connectivity index (χ1v) is 10.9. The summed E-state index contributed by atoms with van der Waals surface area (Å²) in [6, 6.07) is 6.50. The van der Waals surface area contributed by atoms with Crippen molar-refractivity contribution in [2.24, 2.45) is 0 Å². The van der Waals surface area contributed by atoms with Crippen molar-refractivity contribution in [2.75, 3.05) is 45.8 Å². The normalized spacial score (nSPS) is 19.5. The topological polar surface area (TPSA) is 53.4 Å². The van der Waals surface area contributed by atoms with E-state index in [0.717, 1.165) is 63.3 Å². The number of carbonyl (C=O) groups is 1. The summed E-state index contributed by atoms with van der Waals surface area (Å²) in [6.07, 6.45) is 8.03. The number of rotatable bonds is 7. The van der Waals surface area contributed by atoms with Gasteiger partial charge in [-0.3, -0.25) is 4.79 Å². The van der Waals surface area contributed by atoms with Crippen LogP contribution >= 0.6 is 0 Å². The second-order valence-electron chi connectivity index (χ2n) is 8.18. The van der Waals surface area contributed by atoms with Gasteiger partial charge in [0.25, 0.3) is 5.91 Å². The molecule has 2 fully saturated rings. The second-order valence-corrected chi connectivity index (χ2v) is 8.18. The monoisotopic (exact) mass is 383 g/mol. The van der Waals surface area contributed by atoms with Crippen LogP contribution in [0.3, 0.4) is 0 Å². The quantitative estimate of drug-likeness (QED) is 0.747. The molecule has 0 bridgehead atoms. The van der Waals surface area contributed by atoms with Crippen molar-refractivity contribution in [1.29, 1.82) is 0 Å². The lowest BCUT2D eigenvalue weighted by Gasteiger charge is -2.33. The predicted octanol–water partition coefficient (Wildman–Crippen LogP) is 2.91. The third-order valence-corrected chi connectivity index (χ3v) is 6.40. The van der Waals surface area contributed by atoms with Crippen molar-refractivity contribution >= 4 is 16.9 Å². The van der Waals surface area contributed by atoms with Crippen LogP contribution in [0.15, 0.2) is 24.5 Å². The first-order chi connectivity index (χ1) is 13.7. The molecule has 1 aromatic carbocycles. The third kappa shape index (κ3) is 4.39. The van der Waals surface area contributed by atoms with Crippen LogP contribution in [0.1, 0.15) is 55.4 Å². The van der Waals surface area contributed by atoms with Gasteiger partial charge in [-0.1, -0.05) is 19.8 Å². The fourth-order valence-corrected chi connectivity index (χ4v) is 4.58. The van der Waals surface area contributed by atoms with Crippen LogP contribution in [0.2, 0.25) is 0 Å². The van der Waals surface area contributed by atoms with Crippen molar-refractivity contribution in [3.8, 4) is 0 Å². The lowest BCUT2D eigenvalue weighted by atomic mass is 10.1. The number of likely N-dealkylation sites (N-methyl/N-ethyl adjacent to an activating group) is 1. The number of nitrogens with zero attached hydrogens (tertiary/aromatic N) is 4. The number of piperazine rings is 1. The van der Waals surface area contributed by atoms with Crippen molar-refractivity contribution in [3.05, 3.63) is 30.1 Å². The highest BCUT2D eigenvalue weighted by Gasteiger charge is 2.19. The zero-order valence-electron chi connectivity index (χ0n) is 17.1. The lowest BCUT2D eigenvalue weighted by molar-refractivity contribution is 0.0948. The molecule has 1 aliphatic carbocycles. The minimum Gasteiger partial charge on any atom is -0.352 e. The van der Waals surface area contributed by atoms with Gasteiger partial charge < -0.3 is 19.7 Å². The molecule has 0 radical (unpaired) electrons. The lowest BCUT2D eigenvalue weighted by Crippen LogP contribution is -2.46. The first kappa shape index (κ1) is 19.4. The van der Waals surface area contributed by atoms with Gasteiger partial charge in [0.15, 0.2) is 0 Å². The minimum absolute atomic E-state index is 0.00752. The number of hydrogen-bond donors (Lipinski definition) is 1. The molecule has 4 rings (SSSR count). The molecule has 0 atom stereocenters. The average Bonchev–Trinajstić information content (AvgIpc) is 3.40. The third-order valence-electron chi connectivity index (χ3n) is 6.40. The molecular formula is C22H33N5O. The molecule has 2 aliphatic rings. The Kier molecular flexibility index (Phi) is 6.27. The smallest absolute Gasteiger partial charge is 0.251 e. The van der Waals surface area contributed by atoms with Crippen LogP contribution in [0.4, 0.5) is 0 Å². The standard InChI is InChI=1S/C22H33N5O/c1-2-25-12-14-26(15-13-25)11-5-10-23-22(28)18-8-9-21-20(16-18)24-17-27(21)19-6-3-4-7-19/h8-9,16-17,19H,2-7,10-15H2,1H3,(H,23,28). The van der Waals surface area contributed by atoms with Crippen LogP contribution in [-0.2, 0) is 0 Å². The fourth-order valence-electron chi connectivity index (χ4n) is 4.58. The summed E-state index contributed by atoms with van der Waals surface area (Å²) in [6.45, 7) is 9.76. The maximum absolute atomic E-state index is 12.5. The first-order valence-electron chi connectivity index (χ1n) is 10.9. The summed E-state index contributed by atoms with van der Waals surface area (Å²) in [7, 11) is 0. The summed E-state index contributed by atoms with van der Waals surface area (Å²) in [5, 5.41) is 3.07. The Bertz CT molecular complexity index is 787. The van der Waals surface area contributed by atoms with E-state index in [0.29, 0.717) is 11.6 Å². The Morgan fingerprint density at radius 1 is 1.14 bits per heavy atom. The van der Waals surface area contributed by atoms with Crippen molar-refractivity contribution in [1.82, 2.24) is 24.7 Å². The summed E-state index contributed by atoms with van der Waals surface area (Å²) in [5.41, 5.74) is 2.78. The van der Waals surface area contributed by atoms with Gasteiger partial charge in [-0.15, -0.1) is 0 Å². The van der Waals surface area contributed by atoms with E-state index in [9.17, 15) is 4.79 Å². The molecule has 6 nitrogen and oxygen atoms in total. The van der Waals surface area contributed by atoms with Crippen LogP contribution < -0.4 is 5.32 Å². The Morgan fingerprint density at radius 3 is 2.64 bits per heavy atom. The van der Waals surface area contributed by atoms with E-state index in [1.807, 2.05) is 18.5 Å².